The van der Waals surface area contributed by atoms with Gasteiger partial charge in [-0.3, -0.25) is 9.59 Å². The Morgan fingerprint density at radius 3 is 2.42 bits per heavy atom. The number of carbonyl (C=O) groups excluding carboxylic acids is 2. The molecular weight excluding hydrogens is 414 g/mol. The van der Waals surface area contributed by atoms with E-state index in [2.05, 4.69) is 15.8 Å². The molecule has 0 aliphatic carbocycles. The molecule has 0 atom stereocenters. The maximum absolute atomic E-state index is 12.5. The second-order valence-corrected chi connectivity index (χ2v) is 7.31. The van der Waals surface area contributed by atoms with Crippen molar-refractivity contribution in [1.29, 1.82) is 0 Å². The fraction of sp³-hybridized carbons (Fsp3) is 0.0741. The average Bonchev–Trinajstić information content (AvgIpc) is 2.87. The first-order chi connectivity index (χ1) is 16.2. The number of hydrazone groups is 1. The summed E-state index contributed by atoms with van der Waals surface area (Å²) in [5, 5.41) is 8.44. The van der Waals surface area contributed by atoms with Crippen LogP contribution in [-0.4, -0.2) is 24.6 Å². The van der Waals surface area contributed by atoms with Crippen molar-refractivity contribution in [3.8, 4) is 5.75 Å². The average molecular weight is 437 g/mol. The third kappa shape index (κ3) is 5.83. The number of fused-ring (bicyclic) bond motifs is 1. The summed E-state index contributed by atoms with van der Waals surface area (Å²) in [6.45, 7) is 0.240. The van der Waals surface area contributed by atoms with Crippen molar-refractivity contribution in [3.05, 3.63) is 114 Å². The number of hydrogen-bond acceptors (Lipinski definition) is 4. The smallest absolute Gasteiger partial charge is 0.259 e. The number of benzene rings is 4. The summed E-state index contributed by atoms with van der Waals surface area (Å²) in [5.74, 6) is -0.0864. The number of para-hydroxylation sites is 1. The van der Waals surface area contributed by atoms with E-state index in [1.54, 1.807) is 6.07 Å². The summed E-state index contributed by atoms with van der Waals surface area (Å²) in [7, 11) is 0. The molecule has 0 aliphatic heterocycles. The minimum absolute atomic E-state index is 0.189. The van der Waals surface area contributed by atoms with Crippen molar-refractivity contribution in [2.45, 2.75) is 6.61 Å². The maximum Gasteiger partial charge on any atom is 0.259 e. The zero-order chi connectivity index (χ0) is 22.9. The van der Waals surface area contributed by atoms with Gasteiger partial charge in [0.1, 0.15) is 12.4 Å². The zero-order valence-electron chi connectivity index (χ0n) is 17.9. The molecule has 6 heteroatoms. The number of amides is 2. The monoisotopic (exact) mass is 437 g/mol. The molecule has 0 fully saturated rings. The lowest BCUT2D eigenvalue weighted by Crippen LogP contribution is -2.35. The second kappa shape index (κ2) is 10.7. The van der Waals surface area contributed by atoms with Crippen molar-refractivity contribution >= 4 is 28.8 Å². The number of rotatable bonds is 8. The Morgan fingerprint density at radius 1 is 0.818 bits per heavy atom. The molecule has 6 nitrogen and oxygen atoms in total. The van der Waals surface area contributed by atoms with Gasteiger partial charge in [-0.25, -0.2) is 5.43 Å². The van der Waals surface area contributed by atoms with E-state index in [4.69, 9.17) is 4.74 Å². The third-order valence-corrected chi connectivity index (χ3v) is 4.99. The first-order valence-electron chi connectivity index (χ1n) is 10.5. The van der Waals surface area contributed by atoms with E-state index in [1.807, 2.05) is 91.0 Å². The van der Waals surface area contributed by atoms with Crippen molar-refractivity contribution in [3.63, 3.8) is 0 Å². The van der Waals surface area contributed by atoms with Gasteiger partial charge in [0.2, 0.25) is 0 Å². The van der Waals surface area contributed by atoms with Gasteiger partial charge in [-0.1, -0.05) is 78.9 Å². The van der Waals surface area contributed by atoms with Gasteiger partial charge >= 0.3 is 0 Å². The predicted octanol–water partition coefficient (Wildman–Crippen LogP) is 4.30. The first kappa shape index (κ1) is 21.8. The molecule has 4 rings (SSSR count). The normalized spacial score (nSPS) is 10.8. The van der Waals surface area contributed by atoms with Crippen LogP contribution in [0.15, 0.2) is 102 Å². The van der Waals surface area contributed by atoms with E-state index in [9.17, 15) is 9.59 Å². The quantitative estimate of drug-likeness (QED) is 0.319. The lowest BCUT2D eigenvalue weighted by Gasteiger charge is -2.09. The van der Waals surface area contributed by atoms with E-state index in [1.165, 1.54) is 6.21 Å². The first-order valence-corrected chi connectivity index (χ1v) is 10.5. The van der Waals surface area contributed by atoms with Crippen LogP contribution < -0.4 is 15.5 Å². The lowest BCUT2D eigenvalue weighted by molar-refractivity contribution is -0.120. The Bertz CT molecular complexity index is 1280. The molecule has 0 aliphatic rings. The van der Waals surface area contributed by atoms with Gasteiger partial charge in [-0.2, -0.15) is 5.10 Å². The molecule has 0 saturated heterocycles. The standard InChI is InChI=1S/C27H23N3O3/c31-26(18-28-27(32)24-15-8-13-21-11-4-6-14-23(21)24)30-29-17-22-12-5-7-16-25(22)33-19-20-9-2-1-3-10-20/h1-17H,18-19H2,(H,28,32)(H,30,31)/b29-17+. The van der Waals surface area contributed by atoms with Gasteiger partial charge < -0.3 is 10.1 Å². The Morgan fingerprint density at radius 2 is 1.55 bits per heavy atom. The number of nitrogens with one attached hydrogen (secondary N) is 2. The Hall–Kier alpha value is -4.45. The number of carbonyl (C=O) groups is 2. The van der Waals surface area contributed by atoms with Crippen LogP contribution in [0.1, 0.15) is 21.5 Å². The van der Waals surface area contributed by atoms with Gasteiger partial charge in [0.15, 0.2) is 0 Å². The third-order valence-electron chi connectivity index (χ3n) is 4.99. The highest BCUT2D eigenvalue weighted by atomic mass is 16.5. The van der Waals surface area contributed by atoms with Crippen molar-refractivity contribution in [2.75, 3.05) is 6.54 Å². The van der Waals surface area contributed by atoms with Crippen LogP contribution in [0.3, 0.4) is 0 Å². The molecule has 0 aromatic heterocycles. The number of ether oxygens (including phenoxy) is 1. The highest BCUT2D eigenvalue weighted by molar-refractivity contribution is 6.07. The molecule has 33 heavy (non-hydrogen) atoms. The molecule has 2 N–H and O–H groups in total. The molecule has 0 saturated carbocycles. The largest absolute Gasteiger partial charge is 0.488 e. The van der Waals surface area contributed by atoms with E-state index in [-0.39, 0.29) is 12.5 Å². The Balaban J connectivity index is 1.31. The molecule has 0 unspecified atom stereocenters. The van der Waals surface area contributed by atoms with Crippen LogP contribution >= 0.6 is 0 Å². The summed E-state index contributed by atoms with van der Waals surface area (Å²) in [6.07, 6.45) is 1.52. The number of nitrogens with zero attached hydrogens (tertiary/aromatic N) is 1. The Kier molecular flexibility index (Phi) is 7.08. The minimum Gasteiger partial charge on any atom is -0.488 e. The van der Waals surface area contributed by atoms with Crippen molar-refractivity contribution < 1.29 is 14.3 Å². The van der Waals surface area contributed by atoms with Crippen LogP contribution in [0.25, 0.3) is 10.8 Å². The summed E-state index contributed by atoms with van der Waals surface area (Å²) in [4.78, 5) is 24.7. The number of hydrogen-bond donors (Lipinski definition) is 2. The minimum atomic E-state index is -0.428. The van der Waals surface area contributed by atoms with Crippen LogP contribution in [0, 0.1) is 0 Å². The van der Waals surface area contributed by atoms with Gasteiger partial charge in [0.05, 0.1) is 12.8 Å². The summed E-state index contributed by atoms with van der Waals surface area (Å²) >= 11 is 0. The lowest BCUT2D eigenvalue weighted by atomic mass is 10.0. The fourth-order valence-corrected chi connectivity index (χ4v) is 3.35. The Labute approximate surface area is 191 Å². The van der Waals surface area contributed by atoms with Crippen LogP contribution in [0.5, 0.6) is 5.75 Å². The van der Waals surface area contributed by atoms with E-state index in [0.29, 0.717) is 17.9 Å². The SMILES string of the molecule is O=C(CNC(=O)c1cccc2ccccc12)N/N=C/c1ccccc1OCc1ccccc1. The zero-order valence-corrected chi connectivity index (χ0v) is 17.9. The summed E-state index contributed by atoms with van der Waals surface area (Å²) < 4.78 is 5.88. The van der Waals surface area contributed by atoms with E-state index >= 15 is 0 Å². The molecule has 0 heterocycles. The predicted molar refractivity (Wildman–Crippen MR) is 129 cm³/mol. The highest BCUT2D eigenvalue weighted by Crippen LogP contribution is 2.19. The molecule has 2 amide bonds. The van der Waals surface area contributed by atoms with Crippen LogP contribution in [0.4, 0.5) is 0 Å². The van der Waals surface area contributed by atoms with Gasteiger partial charge in [-0.05, 0) is 34.5 Å². The molecule has 164 valence electrons. The molecule has 0 bridgehead atoms. The van der Waals surface area contributed by atoms with Gasteiger partial charge in [0, 0.05) is 11.1 Å². The van der Waals surface area contributed by atoms with Gasteiger partial charge in [0.25, 0.3) is 11.8 Å². The summed E-state index contributed by atoms with van der Waals surface area (Å²) in [5.41, 5.74) is 4.74. The summed E-state index contributed by atoms with van der Waals surface area (Å²) in [6, 6.07) is 30.4. The molecule has 4 aromatic rings. The molecule has 0 spiro atoms. The molecule has 0 radical (unpaired) electrons. The van der Waals surface area contributed by atoms with Crippen molar-refractivity contribution in [1.82, 2.24) is 10.7 Å². The fourth-order valence-electron chi connectivity index (χ4n) is 3.35. The topological polar surface area (TPSA) is 79.8 Å². The van der Waals surface area contributed by atoms with Gasteiger partial charge in [-0.15, -0.1) is 0 Å². The van der Waals surface area contributed by atoms with Crippen LogP contribution in [0.2, 0.25) is 0 Å². The molecular formula is C27H23N3O3. The van der Waals surface area contributed by atoms with Crippen molar-refractivity contribution in [2.24, 2.45) is 5.10 Å². The van der Waals surface area contributed by atoms with E-state index < -0.39 is 5.91 Å². The van der Waals surface area contributed by atoms with Crippen LogP contribution in [-0.2, 0) is 11.4 Å². The highest BCUT2D eigenvalue weighted by Gasteiger charge is 2.11. The molecule has 4 aromatic carbocycles. The van der Waals surface area contributed by atoms with E-state index in [0.717, 1.165) is 21.9 Å². The second-order valence-electron chi connectivity index (χ2n) is 7.31. The maximum atomic E-state index is 12.5.